The molecule has 1 aromatic rings. The predicted octanol–water partition coefficient (Wildman–Crippen LogP) is 2.86. The summed E-state index contributed by atoms with van der Waals surface area (Å²) in [6.07, 6.45) is 1.13. The zero-order valence-electron chi connectivity index (χ0n) is 12.3. The second kappa shape index (κ2) is 5.28. The molecular weight excluding hydrogens is 258 g/mol. The Labute approximate surface area is 118 Å². The number of benzene rings is 1. The molecule has 1 aromatic carbocycles. The molecule has 110 valence electrons. The summed E-state index contributed by atoms with van der Waals surface area (Å²) >= 11 is 0. The highest BCUT2D eigenvalue weighted by atomic mass is 16.6. The van der Waals surface area contributed by atoms with E-state index in [2.05, 4.69) is 24.5 Å². The van der Waals surface area contributed by atoms with Crippen molar-refractivity contribution >= 4 is 17.1 Å². The van der Waals surface area contributed by atoms with E-state index in [1.54, 1.807) is 20.2 Å². The van der Waals surface area contributed by atoms with Gasteiger partial charge >= 0.3 is 0 Å². The summed E-state index contributed by atoms with van der Waals surface area (Å²) in [7, 11) is 3.46. The number of hydrogen-bond donors (Lipinski definition) is 2. The fourth-order valence-corrected chi connectivity index (χ4v) is 2.68. The quantitative estimate of drug-likeness (QED) is 0.640. The van der Waals surface area contributed by atoms with E-state index in [0.29, 0.717) is 0 Å². The first-order valence-electron chi connectivity index (χ1n) is 6.65. The van der Waals surface area contributed by atoms with Crippen LogP contribution in [0.3, 0.4) is 0 Å². The van der Waals surface area contributed by atoms with E-state index >= 15 is 0 Å². The molecule has 1 aliphatic carbocycles. The third-order valence-electron chi connectivity index (χ3n) is 4.22. The first-order chi connectivity index (χ1) is 9.38. The molecule has 0 aliphatic heterocycles. The summed E-state index contributed by atoms with van der Waals surface area (Å²) in [5, 5.41) is 17.3. The number of rotatable bonds is 5. The molecule has 1 fully saturated rings. The maximum atomic E-state index is 10.9. The topological polar surface area (TPSA) is 76.4 Å². The number of nitro groups is 1. The summed E-state index contributed by atoms with van der Waals surface area (Å²) in [6, 6.07) is 5.22. The van der Waals surface area contributed by atoms with Crippen LogP contribution in [0.2, 0.25) is 0 Å². The molecule has 6 heteroatoms. The van der Waals surface area contributed by atoms with Gasteiger partial charge in [0.2, 0.25) is 0 Å². The highest BCUT2D eigenvalue weighted by molar-refractivity contribution is 5.63. The number of hydrogen-bond acceptors (Lipinski definition) is 5. The average Bonchev–Trinajstić information content (AvgIpc) is 2.42. The Morgan fingerprint density at radius 2 is 2.00 bits per heavy atom. The number of ether oxygens (including phenoxy) is 1. The van der Waals surface area contributed by atoms with E-state index in [9.17, 15) is 10.1 Å². The first-order valence-corrected chi connectivity index (χ1v) is 6.65. The normalized spacial score (nSPS) is 23.8. The van der Waals surface area contributed by atoms with E-state index in [0.717, 1.165) is 17.8 Å². The van der Waals surface area contributed by atoms with Gasteiger partial charge in [0.1, 0.15) is 0 Å². The fraction of sp³-hybridized carbons (Fsp3) is 0.571. The first kappa shape index (κ1) is 14.6. The minimum atomic E-state index is -0.379. The molecule has 0 heterocycles. The van der Waals surface area contributed by atoms with E-state index < -0.39 is 0 Å². The van der Waals surface area contributed by atoms with E-state index in [4.69, 9.17) is 4.74 Å². The van der Waals surface area contributed by atoms with Gasteiger partial charge in [-0.15, -0.1) is 0 Å². The number of nitro benzene ring substituents is 1. The highest BCUT2D eigenvalue weighted by Crippen LogP contribution is 2.44. The van der Waals surface area contributed by atoms with Crippen molar-refractivity contribution in [2.24, 2.45) is 5.41 Å². The van der Waals surface area contributed by atoms with Gasteiger partial charge in [0.05, 0.1) is 11.0 Å². The third-order valence-corrected chi connectivity index (χ3v) is 4.22. The Kier molecular flexibility index (Phi) is 3.85. The van der Waals surface area contributed by atoms with Gasteiger partial charge < -0.3 is 15.4 Å². The van der Waals surface area contributed by atoms with Crippen molar-refractivity contribution in [3.05, 3.63) is 28.3 Å². The largest absolute Gasteiger partial charge is 0.388 e. The molecule has 2 atom stereocenters. The summed E-state index contributed by atoms with van der Waals surface area (Å²) in [4.78, 5) is 10.6. The summed E-state index contributed by atoms with van der Waals surface area (Å²) in [5.41, 5.74) is 1.58. The zero-order valence-corrected chi connectivity index (χ0v) is 12.3. The molecule has 0 bridgehead atoms. The maximum Gasteiger partial charge on any atom is 0.273 e. The lowest BCUT2D eigenvalue weighted by Gasteiger charge is -2.51. The van der Waals surface area contributed by atoms with Gasteiger partial charge in [0, 0.05) is 49.1 Å². The number of anilines is 2. The summed E-state index contributed by atoms with van der Waals surface area (Å²) < 4.78 is 5.42. The molecule has 0 radical (unpaired) electrons. The summed E-state index contributed by atoms with van der Waals surface area (Å²) in [6.45, 7) is 4.28. The van der Waals surface area contributed by atoms with Crippen molar-refractivity contribution in [2.75, 3.05) is 24.8 Å². The van der Waals surface area contributed by atoms with E-state index in [-0.39, 0.29) is 28.2 Å². The van der Waals surface area contributed by atoms with Gasteiger partial charge in [-0.3, -0.25) is 10.1 Å². The van der Waals surface area contributed by atoms with Gasteiger partial charge in [0.15, 0.2) is 0 Å². The van der Waals surface area contributed by atoms with Crippen LogP contribution in [0, 0.1) is 15.5 Å². The third kappa shape index (κ3) is 2.56. The standard InChI is InChI=1S/C14H21N3O3/c1-14(2)12(8-13(14)20-4)16-10-5-9(15-3)6-11(7-10)17(18)19/h5-7,12-13,15-16H,8H2,1-4H3. The number of nitrogens with zero attached hydrogens (tertiary/aromatic N) is 1. The molecular formula is C14H21N3O3. The van der Waals surface area contributed by atoms with Gasteiger partial charge in [0.25, 0.3) is 5.69 Å². The van der Waals surface area contributed by atoms with Gasteiger partial charge in [-0.2, -0.15) is 0 Å². The van der Waals surface area contributed by atoms with Crippen LogP contribution in [0.5, 0.6) is 0 Å². The molecule has 2 N–H and O–H groups in total. The van der Waals surface area contributed by atoms with Crippen LogP contribution in [0.25, 0.3) is 0 Å². The molecule has 1 saturated carbocycles. The molecule has 0 aromatic heterocycles. The van der Waals surface area contributed by atoms with Crippen LogP contribution in [0.15, 0.2) is 18.2 Å². The Morgan fingerprint density at radius 3 is 2.50 bits per heavy atom. The van der Waals surface area contributed by atoms with E-state index in [1.807, 2.05) is 6.07 Å². The number of methoxy groups -OCH3 is 1. The van der Waals surface area contributed by atoms with Crippen LogP contribution >= 0.6 is 0 Å². The Bertz CT molecular complexity index is 516. The molecule has 2 unspecified atom stereocenters. The maximum absolute atomic E-state index is 10.9. The van der Waals surface area contributed by atoms with Crippen molar-refractivity contribution in [1.29, 1.82) is 0 Å². The van der Waals surface area contributed by atoms with Crippen LogP contribution in [-0.4, -0.2) is 31.2 Å². The molecule has 0 saturated heterocycles. The second-order valence-electron chi connectivity index (χ2n) is 5.75. The lowest BCUT2D eigenvalue weighted by atomic mass is 9.64. The second-order valence-corrected chi connectivity index (χ2v) is 5.75. The van der Waals surface area contributed by atoms with Crippen molar-refractivity contribution in [3.63, 3.8) is 0 Å². The average molecular weight is 279 g/mol. The number of nitrogens with one attached hydrogen (secondary N) is 2. The van der Waals surface area contributed by atoms with Crippen LogP contribution in [-0.2, 0) is 4.74 Å². The Hall–Kier alpha value is -1.82. The predicted molar refractivity (Wildman–Crippen MR) is 79.2 cm³/mol. The molecule has 0 amide bonds. The van der Waals surface area contributed by atoms with Crippen molar-refractivity contribution < 1.29 is 9.66 Å². The SMILES string of the molecule is CNc1cc(NC2CC(OC)C2(C)C)cc([N+](=O)[O-])c1. The van der Waals surface area contributed by atoms with Gasteiger partial charge in [-0.05, 0) is 12.5 Å². The monoisotopic (exact) mass is 279 g/mol. The van der Waals surface area contributed by atoms with Crippen LogP contribution in [0.1, 0.15) is 20.3 Å². The van der Waals surface area contributed by atoms with Crippen molar-refractivity contribution in [2.45, 2.75) is 32.4 Å². The molecule has 20 heavy (non-hydrogen) atoms. The molecule has 6 nitrogen and oxygen atoms in total. The lowest BCUT2D eigenvalue weighted by Crippen LogP contribution is -2.57. The minimum absolute atomic E-state index is 0.0131. The lowest BCUT2D eigenvalue weighted by molar-refractivity contribution is -0.384. The Morgan fingerprint density at radius 1 is 1.35 bits per heavy atom. The van der Waals surface area contributed by atoms with Crippen LogP contribution < -0.4 is 10.6 Å². The Balaban J connectivity index is 2.18. The molecule has 1 aliphatic rings. The van der Waals surface area contributed by atoms with Crippen molar-refractivity contribution in [3.8, 4) is 0 Å². The van der Waals surface area contributed by atoms with E-state index in [1.165, 1.54) is 6.07 Å². The molecule has 2 rings (SSSR count). The minimum Gasteiger partial charge on any atom is -0.388 e. The van der Waals surface area contributed by atoms with Gasteiger partial charge in [-0.25, -0.2) is 0 Å². The van der Waals surface area contributed by atoms with Gasteiger partial charge in [-0.1, -0.05) is 13.8 Å². The molecule has 0 spiro atoms. The highest BCUT2D eigenvalue weighted by Gasteiger charge is 2.48. The number of non-ortho nitro benzene ring substituents is 1. The smallest absolute Gasteiger partial charge is 0.273 e. The zero-order chi connectivity index (χ0) is 14.9. The van der Waals surface area contributed by atoms with Crippen LogP contribution in [0.4, 0.5) is 17.1 Å². The summed E-state index contributed by atoms with van der Waals surface area (Å²) in [5.74, 6) is 0. The fourth-order valence-electron chi connectivity index (χ4n) is 2.68. The van der Waals surface area contributed by atoms with Crippen molar-refractivity contribution in [1.82, 2.24) is 0 Å².